The number of carbonyl (C=O) groups is 1. The first kappa shape index (κ1) is 17.5. The molecule has 0 atom stereocenters. The Morgan fingerprint density at radius 1 is 0.950 bits per heavy atom. The van der Waals surface area contributed by atoms with Crippen LogP contribution in [0.5, 0.6) is 0 Å². The molecule has 0 aromatic carbocycles. The van der Waals surface area contributed by atoms with Gasteiger partial charge in [0, 0.05) is 5.54 Å². The second-order valence-corrected chi connectivity index (χ2v) is 7.25. The third kappa shape index (κ3) is 5.43. The summed E-state index contributed by atoms with van der Waals surface area (Å²) in [6.07, 6.45) is 13.4. The van der Waals surface area contributed by atoms with E-state index < -0.39 is 11.5 Å². The first-order valence-corrected chi connectivity index (χ1v) is 8.38. The van der Waals surface area contributed by atoms with Crippen molar-refractivity contribution in [2.75, 3.05) is 0 Å². The van der Waals surface area contributed by atoms with Gasteiger partial charge in [-0.1, -0.05) is 57.8 Å². The smallest absolute Gasteiger partial charge is 0.303 e. The van der Waals surface area contributed by atoms with Gasteiger partial charge in [-0.05, 0) is 32.1 Å². The van der Waals surface area contributed by atoms with E-state index in [2.05, 4.69) is 0 Å². The quantitative estimate of drug-likeness (QED) is 0.802. The van der Waals surface area contributed by atoms with Gasteiger partial charge in [0.25, 0.3) is 0 Å². The number of hydrogen-bond donors (Lipinski definition) is 2. The van der Waals surface area contributed by atoms with E-state index in [-0.39, 0.29) is 11.8 Å². The van der Waals surface area contributed by atoms with Crippen LogP contribution in [0.25, 0.3) is 0 Å². The Morgan fingerprint density at radius 2 is 1.30 bits per heavy atom. The highest BCUT2D eigenvalue weighted by Crippen LogP contribution is 2.43. The predicted octanol–water partition coefficient (Wildman–Crippen LogP) is 4.49. The monoisotopic (exact) mass is 283 g/mol. The summed E-state index contributed by atoms with van der Waals surface area (Å²) < 4.78 is 0. The van der Waals surface area contributed by atoms with Gasteiger partial charge in [-0.25, -0.2) is 0 Å². The lowest BCUT2D eigenvalue weighted by molar-refractivity contribution is -0.141. The second kappa shape index (κ2) is 8.02. The largest absolute Gasteiger partial charge is 0.481 e. The van der Waals surface area contributed by atoms with Crippen LogP contribution in [0, 0.1) is 5.41 Å². The molecule has 1 fully saturated rings. The van der Waals surface area contributed by atoms with Gasteiger partial charge >= 0.3 is 5.97 Å². The Labute approximate surface area is 124 Å². The molecule has 3 N–H and O–H groups in total. The van der Waals surface area contributed by atoms with Crippen LogP contribution in [0.4, 0.5) is 0 Å². The number of nitrogens with two attached hydrogens (primary N) is 1. The van der Waals surface area contributed by atoms with Crippen molar-refractivity contribution in [3.8, 4) is 0 Å². The normalized spacial score (nSPS) is 22.6. The molecule has 118 valence electrons. The highest BCUT2D eigenvalue weighted by Gasteiger charge is 2.43. The van der Waals surface area contributed by atoms with Crippen LogP contribution < -0.4 is 5.73 Å². The molecule has 0 bridgehead atoms. The van der Waals surface area contributed by atoms with E-state index in [4.69, 9.17) is 5.73 Å². The maximum absolute atomic E-state index is 11.3. The molecule has 3 nitrogen and oxygen atoms in total. The fourth-order valence-corrected chi connectivity index (χ4v) is 3.63. The molecule has 0 aromatic heterocycles. The van der Waals surface area contributed by atoms with Crippen LogP contribution in [0.3, 0.4) is 0 Å². The summed E-state index contributed by atoms with van der Waals surface area (Å²) in [4.78, 5) is 11.3. The maximum Gasteiger partial charge on any atom is 0.303 e. The van der Waals surface area contributed by atoms with Crippen LogP contribution in [-0.2, 0) is 4.79 Å². The topological polar surface area (TPSA) is 63.3 Å². The summed E-state index contributed by atoms with van der Waals surface area (Å²) in [7, 11) is 0. The summed E-state index contributed by atoms with van der Waals surface area (Å²) in [5.74, 6) is -0.699. The number of rotatable bonds is 3. The standard InChI is InChI=1S/C17H33NO2/c1-16(2,18)17(14-15(19)20)12-10-8-6-4-3-5-7-9-11-13-17/h3-14,18H2,1-2H3,(H,19,20). The lowest BCUT2D eigenvalue weighted by atomic mass is 9.63. The molecular weight excluding hydrogens is 250 g/mol. The van der Waals surface area contributed by atoms with E-state index in [1.54, 1.807) is 0 Å². The summed E-state index contributed by atoms with van der Waals surface area (Å²) >= 11 is 0. The third-order valence-corrected chi connectivity index (χ3v) is 5.17. The molecule has 1 aliphatic rings. The van der Waals surface area contributed by atoms with Gasteiger partial charge < -0.3 is 10.8 Å². The number of carboxylic acids is 1. The summed E-state index contributed by atoms with van der Waals surface area (Å²) in [6.45, 7) is 4.03. The Hall–Kier alpha value is -0.570. The molecule has 0 amide bonds. The van der Waals surface area contributed by atoms with E-state index in [1.807, 2.05) is 13.8 Å². The zero-order valence-electron chi connectivity index (χ0n) is 13.4. The molecule has 0 radical (unpaired) electrons. The number of aliphatic carboxylic acids is 1. The number of carboxylic acid groups (broad SMARTS) is 1. The van der Waals surface area contributed by atoms with E-state index in [0.29, 0.717) is 0 Å². The summed E-state index contributed by atoms with van der Waals surface area (Å²) in [5.41, 5.74) is 5.75. The Morgan fingerprint density at radius 3 is 1.60 bits per heavy atom. The van der Waals surface area contributed by atoms with E-state index >= 15 is 0 Å². The molecule has 0 spiro atoms. The Bertz CT molecular complexity index is 282. The second-order valence-electron chi connectivity index (χ2n) is 7.25. The van der Waals surface area contributed by atoms with Crippen LogP contribution in [-0.4, -0.2) is 16.6 Å². The van der Waals surface area contributed by atoms with E-state index in [0.717, 1.165) is 25.7 Å². The highest BCUT2D eigenvalue weighted by atomic mass is 16.4. The van der Waals surface area contributed by atoms with Gasteiger partial charge in [0.1, 0.15) is 0 Å². The minimum Gasteiger partial charge on any atom is -0.481 e. The lowest BCUT2D eigenvalue weighted by Gasteiger charge is -2.44. The molecular formula is C17H33NO2. The van der Waals surface area contributed by atoms with Crippen LogP contribution in [0.1, 0.15) is 90.9 Å². The zero-order valence-corrected chi connectivity index (χ0v) is 13.4. The summed E-state index contributed by atoms with van der Waals surface area (Å²) in [6, 6.07) is 0. The average molecular weight is 283 g/mol. The fourth-order valence-electron chi connectivity index (χ4n) is 3.63. The van der Waals surface area contributed by atoms with Crippen LogP contribution in [0.2, 0.25) is 0 Å². The van der Waals surface area contributed by atoms with Gasteiger partial charge in [-0.15, -0.1) is 0 Å². The third-order valence-electron chi connectivity index (χ3n) is 5.17. The molecule has 0 aromatic rings. The van der Waals surface area contributed by atoms with Crippen molar-refractivity contribution in [2.45, 2.75) is 96.4 Å². The van der Waals surface area contributed by atoms with Gasteiger partial charge in [0.05, 0.1) is 6.42 Å². The molecule has 0 aliphatic heterocycles. The zero-order chi connectivity index (χ0) is 15.1. The lowest BCUT2D eigenvalue weighted by Crippen LogP contribution is -2.52. The molecule has 0 unspecified atom stereocenters. The molecule has 0 heterocycles. The van der Waals surface area contributed by atoms with Crippen molar-refractivity contribution in [2.24, 2.45) is 11.1 Å². The molecule has 1 saturated carbocycles. The van der Waals surface area contributed by atoms with Gasteiger partial charge in [-0.2, -0.15) is 0 Å². The van der Waals surface area contributed by atoms with E-state index in [1.165, 1.54) is 44.9 Å². The van der Waals surface area contributed by atoms with Crippen molar-refractivity contribution in [1.29, 1.82) is 0 Å². The van der Waals surface area contributed by atoms with Gasteiger partial charge in [0.2, 0.25) is 0 Å². The molecule has 20 heavy (non-hydrogen) atoms. The minimum atomic E-state index is -0.699. The SMILES string of the molecule is CC(C)(N)C1(CC(=O)O)CCCCCCCCCCC1. The molecule has 3 heteroatoms. The minimum absolute atomic E-state index is 0.219. The van der Waals surface area contributed by atoms with Gasteiger partial charge in [0.15, 0.2) is 0 Å². The van der Waals surface area contributed by atoms with E-state index in [9.17, 15) is 9.90 Å². The highest BCUT2D eigenvalue weighted by molar-refractivity contribution is 5.68. The average Bonchev–Trinajstić information content (AvgIpc) is 2.30. The molecule has 1 rings (SSSR count). The van der Waals surface area contributed by atoms with Gasteiger partial charge in [-0.3, -0.25) is 4.79 Å². The fraction of sp³-hybridized carbons (Fsp3) is 0.941. The first-order valence-electron chi connectivity index (χ1n) is 8.38. The Balaban J connectivity index is 2.80. The molecule has 1 aliphatic carbocycles. The molecule has 0 saturated heterocycles. The van der Waals surface area contributed by atoms with Crippen molar-refractivity contribution in [3.63, 3.8) is 0 Å². The van der Waals surface area contributed by atoms with Crippen LogP contribution in [0.15, 0.2) is 0 Å². The predicted molar refractivity (Wildman–Crippen MR) is 83.7 cm³/mol. The Kier molecular flexibility index (Phi) is 7.01. The van der Waals surface area contributed by atoms with Crippen LogP contribution >= 0.6 is 0 Å². The summed E-state index contributed by atoms with van der Waals surface area (Å²) in [5, 5.41) is 9.33. The van der Waals surface area contributed by atoms with Crippen molar-refractivity contribution < 1.29 is 9.90 Å². The van der Waals surface area contributed by atoms with Crippen molar-refractivity contribution >= 4 is 5.97 Å². The van der Waals surface area contributed by atoms with Crippen molar-refractivity contribution in [1.82, 2.24) is 0 Å². The van der Waals surface area contributed by atoms with Crippen molar-refractivity contribution in [3.05, 3.63) is 0 Å². The maximum atomic E-state index is 11.3. The number of hydrogen-bond acceptors (Lipinski definition) is 2. The first-order chi connectivity index (χ1) is 9.37.